The maximum Gasteiger partial charge on any atom is 0.139 e. The Morgan fingerprint density at radius 2 is 2.31 bits per heavy atom. The molecule has 0 radical (unpaired) electrons. The van der Waals surface area contributed by atoms with Crippen LogP contribution in [0.4, 0.5) is 5.69 Å². The summed E-state index contributed by atoms with van der Waals surface area (Å²) in [5, 5.41) is 3.02. The summed E-state index contributed by atoms with van der Waals surface area (Å²) in [6.07, 6.45) is 5.74. The van der Waals surface area contributed by atoms with E-state index in [1.54, 1.807) is 12.4 Å². The van der Waals surface area contributed by atoms with Crippen LogP contribution < -0.4 is 10.1 Å². The molecular weight excluding hydrogens is 164 g/mol. The van der Waals surface area contributed by atoms with Crippen LogP contribution in [0.1, 0.15) is 19.8 Å². The lowest BCUT2D eigenvalue weighted by molar-refractivity contribution is 0.308. The normalized spacial score (nSPS) is 9.69. The van der Waals surface area contributed by atoms with Crippen LogP contribution in [0.15, 0.2) is 18.5 Å². The molecule has 0 bridgehead atoms. The molecule has 0 saturated heterocycles. The zero-order chi connectivity index (χ0) is 9.52. The number of rotatable bonds is 5. The molecule has 0 amide bonds. The molecule has 0 spiro atoms. The molecule has 0 fully saturated rings. The van der Waals surface area contributed by atoms with Crippen LogP contribution in [0.25, 0.3) is 0 Å². The van der Waals surface area contributed by atoms with Gasteiger partial charge in [-0.1, -0.05) is 13.3 Å². The molecule has 1 N–H and O–H groups in total. The quantitative estimate of drug-likeness (QED) is 0.706. The predicted octanol–water partition coefficient (Wildman–Crippen LogP) is 2.30. The van der Waals surface area contributed by atoms with E-state index in [4.69, 9.17) is 4.74 Å². The lowest BCUT2D eigenvalue weighted by Crippen LogP contribution is -1.97. The molecule has 0 unspecified atom stereocenters. The van der Waals surface area contributed by atoms with E-state index in [2.05, 4.69) is 17.2 Å². The molecule has 72 valence electrons. The van der Waals surface area contributed by atoms with Crippen LogP contribution in [0, 0.1) is 0 Å². The van der Waals surface area contributed by atoms with Crippen LogP contribution in [0.5, 0.6) is 5.75 Å². The van der Waals surface area contributed by atoms with E-state index in [1.165, 1.54) is 0 Å². The van der Waals surface area contributed by atoms with Gasteiger partial charge in [-0.25, -0.2) is 0 Å². The molecule has 1 aromatic heterocycles. The molecule has 1 heterocycles. The topological polar surface area (TPSA) is 34.1 Å². The van der Waals surface area contributed by atoms with Gasteiger partial charge in [-0.05, 0) is 6.42 Å². The van der Waals surface area contributed by atoms with Gasteiger partial charge in [0.05, 0.1) is 24.7 Å². The summed E-state index contributed by atoms with van der Waals surface area (Å²) >= 11 is 0. The predicted molar refractivity (Wildman–Crippen MR) is 54.2 cm³/mol. The van der Waals surface area contributed by atoms with Crippen molar-refractivity contribution in [2.75, 3.05) is 19.0 Å². The molecule has 0 atom stereocenters. The fourth-order valence-electron chi connectivity index (χ4n) is 0.969. The number of pyridine rings is 1. The summed E-state index contributed by atoms with van der Waals surface area (Å²) in [5.74, 6) is 0.834. The molecule has 3 nitrogen and oxygen atoms in total. The smallest absolute Gasteiger partial charge is 0.139 e. The van der Waals surface area contributed by atoms with E-state index < -0.39 is 0 Å². The van der Waals surface area contributed by atoms with Gasteiger partial charge in [0, 0.05) is 13.1 Å². The Bertz CT molecular complexity index is 250. The van der Waals surface area contributed by atoms with Gasteiger partial charge in [-0.15, -0.1) is 0 Å². The minimum absolute atomic E-state index is 0.769. The molecule has 1 aromatic rings. The molecule has 13 heavy (non-hydrogen) atoms. The van der Waals surface area contributed by atoms with Crippen molar-refractivity contribution in [3.8, 4) is 5.75 Å². The maximum absolute atomic E-state index is 5.49. The second-order valence-corrected chi connectivity index (χ2v) is 2.86. The number of aromatic nitrogens is 1. The van der Waals surface area contributed by atoms with Gasteiger partial charge in [0.15, 0.2) is 0 Å². The molecular formula is C10H16N2O. The number of unbranched alkanes of at least 4 members (excludes halogenated alkanes) is 1. The Morgan fingerprint density at radius 1 is 1.46 bits per heavy atom. The maximum atomic E-state index is 5.49. The third-order valence-electron chi connectivity index (χ3n) is 1.77. The second-order valence-electron chi connectivity index (χ2n) is 2.86. The first-order chi connectivity index (χ1) is 6.36. The van der Waals surface area contributed by atoms with Crippen LogP contribution in [0.2, 0.25) is 0 Å². The Kier molecular flexibility index (Phi) is 4.09. The molecule has 1 rings (SSSR count). The monoisotopic (exact) mass is 180 g/mol. The van der Waals surface area contributed by atoms with Gasteiger partial charge in [-0.3, -0.25) is 4.98 Å². The summed E-state index contributed by atoms with van der Waals surface area (Å²) in [6, 6.07) is 1.95. The number of hydrogen-bond donors (Lipinski definition) is 1. The number of anilines is 1. The number of hydrogen-bond acceptors (Lipinski definition) is 3. The van der Waals surface area contributed by atoms with E-state index in [1.807, 2.05) is 13.1 Å². The lowest BCUT2D eigenvalue weighted by atomic mass is 10.3. The largest absolute Gasteiger partial charge is 0.492 e. The Hall–Kier alpha value is -1.25. The highest BCUT2D eigenvalue weighted by Gasteiger charge is 1.94. The SMILES string of the molecule is CCCCOc1cncc(NC)c1. The summed E-state index contributed by atoms with van der Waals surface area (Å²) in [6.45, 7) is 2.91. The highest BCUT2D eigenvalue weighted by Crippen LogP contribution is 2.14. The summed E-state index contributed by atoms with van der Waals surface area (Å²) < 4.78 is 5.49. The molecule has 0 saturated carbocycles. The van der Waals surface area contributed by atoms with Crippen molar-refractivity contribution in [2.45, 2.75) is 19.8 Å². The van der Waals surface area contributed by atoms with Gasteiger partial charge in [0.25, 0.3) is 0 Å². The highest BCUT2D eigenvalue weighted by atomic mass is 16.5. The summed E-state index contributed by atoms with van der Waals surface area (Å²) in [5.41, 5.74) is 0.981. The van der Waals surface area contributed by atoms with Crippen molar-refractivity contribution in [3.05, 3.63) is 18.5 Å². The zero-order valence-corrected chi connectivity index (χ0v) is 8.21. The number of nitrogens with zero attached hydrogens (tertiary/aromatic N) is 1. The van der Waals surface area contributed by atoms with Crippen molar-refractivity contribution in [3.63, 3.8) is 0 Å². The van der Waals surface area contributed by atoms with Gasteiger partial charge < -0.3 is 10.1 Å². The average Bonchev–Trinajstić information content (AvgIpc) is 2.19. The molecule has 0 aromatic carbocycles. The van der Waals surface area contributed by atoms with Crippen LogP contribution in [-0.2, 0) is 0 Å². The lowest BCUT2D eigenvalue weighted by Gasteiger charge is -2.05. The van der Waals surface area contributed by atoms with E-state index in [-0.39, 0.29) is 0 Å². The molecule has 0 aliphatic heterocycles. The Morgan fingerprint density at radius 3 is 3.00 bits per heavy atom. The van der Waals surface area contributed by atoms with Gasteiger partial charge in [0.2, 0.25) is 0 Å². The van der Waals surface area contributed by atoms with Crippen molar-refractivity contribution < 1.29 is 4.74 Å². The van der Waals surface area contributed by atoms with Gasteiger partial charge in [-0.2, -0.15) is 0 Å². The van der Waals surface area contributed by atoms with Crippen molar-refractivity contribution in [1.82, 2.24) is 4.98 Å². The van der Waals surface area contributed by atoms with E-state index in [0.29, 0.717) is 0 Å². The summed E-state index contributed by atoms with van der Waals surface area (Å²) in [4.78, 5) is 4.05. The molecule has 0 aliphatic rings. The van der Waals surface area contributed by atoms with Crippen LogP contribution in [0.3, 0.4) is 0 Å². The number of ether oxygens (including phenoxy) is 1. The molecule has 0 aliphatic carbocycles. The molecule has 3 heteroatoms. The van der Waals surface area contributed by atoms with E-state index in [9.17, 15) is 0 Å². The van der Waals surface area contributed by atoms with E-state index >= 15 is 0 Å². The fourth-order valence-corrected chi connectivity index (χ4v) is 0.969. The van der Waals surface area contributed by atoms with E-state index in [0.717, 1.165) is 30.9 Å². The first kappa shape index (κ1) is 9.84. The minimum atomic E-state index is 0.769. The van der Waals surface area contributed by atoms with Gasteiger partial charge >= 0.3 is 0 Å². The third kappa shape index (κ3) is 3.32. The average molecular weight is 180 g/mol. The van der Waals surface area contributed by atoms with Crippen molar-refractivity contribution in [2.24, 2.45) is 0 Å². The fraction of sp³-hybridized carbons (Fsp3) is 0.500. The second kappa shape index (κ2) is 5.41. The first-order valence-corrected chi connectivity index (χ1v) is 4.62. The van der Waals surface area contributed by atoms with Crippen LogP contribution in [-0.4, -0.2) is 18.6 Å². The van der Waals surface area contributed by atoms with Gasteiger partial charge in [0.1, 0.15) is 5.75 Å². The zero-order valence-electron chi connectivity index (χ0n) is 8.21. The van der Waals surface area contributed by atoms with Crippen LogP contribution >= 0.6 is 0 Å². The van der Waals surface area contributed by atoms with Crippen molar-refractivity contribution in [1.29, 1.82) is 0 Å². The minimum Gasteiger partial charge on any atom is -0.492 e. The summed E-state index contributed by atoms with van der Waals surface area (Å²) in [7, 11) is 1.87. The third-order valence-corrected chi connectivity index (χ3v) is 1.77. The Balaban J connectivity index is 2.46. The standard InChI is InChI=1S/C10H16N2O/c1-3-4-5-13-10-6-9(11-2)7-12-8-10/h6-8,11H,3-5H2,1-2H3. The first-order valence-electron chi connectivity index (χ1n) is 4.62. The Labute approximate surface area is 79.1 Å². The number of nitrogens with one attached hydrogen (secondary N) is 1. The van der Waals surface area contributed by atoms with Crippen molar-refractivity contribution >= 4 is 5.69 Å². The highest BCUT2D eigenvalue weighted by molar-refractivity contribution is 5.44.